The Hall–Kier alpha value is -1.93. The van der Waals surface area contributed by atoms with Gasteiger partial charge in [0, 0.05) is 0 Å². The Morgan fingerprint density at radius 3 is 1.94 bits per heavy atom. The third-order valence-corrected chi connectivity index (χ3v) is 1.35. The van der Waals surface area contributed by atoms with Gasteiger partial charge in [-0.3, -0.25) is 0 Å². The van der Waals surface area contributed by atoms with Crippen molar-refractivity contribution in [3.05, 3.63) is 23.8 Å². The van der Waals surface area contributed by atoms with E-state index < -0.39 is 36.4 Å². The van der Waals surface area contributed by atoms with Crippen LogP contribution in [0.2, 0.25) is 0 Å². The molecule has 9 heteroatoms. The average molecular weight is 274 g/mol. The molecule has 18 heavy (non-hydrogen) atoms. The van der Waals surface area contributed by atoms with Crippen molar-refractivity contribution >= 4 is 11.9 Å². The monoisotopic (exact) mass is 274 g/mol. The molecule has 0 N–H and O–H groups in total. The first-order valence-electron chi connectivity index (χ1n) is 4.22. The van der Waals surface area contributed by atoms with Crippen LogP contribution in [0.4, 0.5) is 22.0 Å². The molecule has 102 valence electrons. The lowest BCUT2D eigenvalue weighted by molar-refractivity contribution is -0.236. The lowest BCUT2D eigenvalue weighted by atomic mass is 10.4. The van der Waals surface area contributed by atoms with Gasteiger partial charge in [-0.05, 0) is 12.2 Å². The number of carbonyl (C=O) groups excluding carboxylic acids is 2. The van der Waals surface area contributed by atoms with Gasteiger partial charge in [-0.15, -0.1) is 0 Å². The SMILES string of the molecule is COC(=O)/C(F)=C/C=C(\F)C(=O)OC(F)(F)CF. The van der Waals surface area contributed by atoms with Crippen molar-refractivity contribution in [2.75, 3.05) is 13.8 Å². The highest BCUT2D eigenvalue weighted by Gasteiger charge is 2.35. The molecule has 0 unspecified atom stereocenters. The fraction of sp³-hybridized carbons (Fsp3) is 0.333. The van der Waals surface area contributed by atoms with Gasteiger partial charge in [-0.25, -0.2) is 14.0 Å². The van der Waals surface area contributed by atoms with Gasteiger partial charge < -0.3 is 9.47 Å². The van der Waals surface area contributed by atoms with E-state index in [0.717, 1.165) is 7.11 Å². The number of methoxy groups -OCH3 is 1. The summed E-state index contributed by atoms with van der Waals surface area (Å²) in [5, 5.41) is 0. The molecule has 0 saturated carbocycles. The number of hydrogen-bond acceptors (Lipinski definition) is 4. The fourth-order valence-corrected chi connectivity index (χ4v) is 0.592. The summed E-state index contributed by atoms with van der Waals surface area (Å²) >= 11 is 0. The van der Waals surface area contributed by atoms with E-state index in [0.29, 0.717) is 0 Å². The molecule has 0 saturated heterocycles. The Kier molecular flexibility index (Phi) is 6.00. The molecule has 0 radical (unpaired) electrons. The van der Waals surface area contributed by atoms with Crippen molar-refractivity contribution in [2.45, 2.75) is 6.11 Å². The molecule has 0 fully saturated rings. The van der Waals surface area contributed by atoms with Crippen LogP contribution in [0.15, 0.2) is 23.8 Å². The molecule has 0 aromatic rings. The minimum absolute atomic E-state index is 0.0584. The van der Waals surface area contributed by atoms with Gasteiger partial charge in [0.25, 0.3) is 0 Å². The summed E-state index contributed by atoms with van der Waals surface area (Å²) in [7, 11) is 0.839. The third kappa shape index (κ3) is 5.41. The normalized spacial score (nSPS) is 13.2. The van der Waals surface area contributed by atoms with Crippen LogP contribution in [-0.4, -0.2) is 31.8 Å². The Morgan fingerprint density at radius 1 is 1.11 bits per heavy atom. The van der Waals surface area contributed by atoms with Crippen molar-refractivity contribution in [1.29, 1.82) is 0 Å². The summed E-state index contributed by atoms with van der Waals surface area (Å²) < 4.78 is 68.3. The maximum absolute atomic E-state index is 12.8. The van der Waals surface area contributed by atoms with Gasteiger partial charge in [0.1, 0.15) is 0 Å². The van der Waals surface area contributed by atoms with E-state index in [1.54, 1.807) is 0 Å². The lowest BCUT2D eigenvalue weighted by Gasteiger charge is -2.11. The predicted octanol–water partition coefficient (Wildman–Crippen LogP) is 1.97. The zero-order valence-electron chi connectivity index (χ0n) is 8.88. The molecule has 0 aromatic carbocycles. The molecule has 0 amide bonds. The van der Waals surface area contributed by atoms with E-state index in [-0.39, 0.29) is 12.2 Å². The summed E-state index contributed by atoms with van der Waals surface area (Å²) in [5.41, 5.74) is 0. The highest BCUT2D eigenvalue weighted by molar-refractivity contribution is 5.88. The number of hydrogen-bond donors (Lipinski definition) is 0. The largest absolute Gasteiger partial charge is 0.464 e. The van der Waals surface area contributed by atoms with Crippen LogP contribution in [0.25, 0.3) is 0 Å². The Morgan fingerprint density at radius 2 is 1.56 bits per heavy atom. The molecule has 0 aromatic heterocycles. The summed E-state index contributed by atoms with van der Waals surface area (Å²) in [4.78, 5) is 21.1. The molecule has 0 aliphatic rings. The van der Waals surface area contributed by atoms with Crippen molar-refractivity contribution in [3.8, 4) is 0 Å². The summed E-state index contributed by atoms with van der Waals surface area (Å²) in [5.74, 6) is -7.17. The first-order valence-corrected chi connectivity index (χ1v) is 4.22. The maximum Gasteiger partial charge on any atom is 0.429 e. The van der Waals surface area contributed by atoms with E-state index >= 15 is 0 Å². The zero-order valence-corrected chi connectivity index (χ0v) is 8.88. The highest BCUT2D eigenvalue weighted by atomic mass is 19.3. The van der Waals surface area contributed by atoms with Crippen LogP contribution in [-0.2, 0) is 19.1 Å². The van der Waals surface area contributed by atoms with Crippen LogP contribution in [0.3, 0.4) is 0 Å². The average Bonchev–Trinajstić information content (AvgIpc) is 2.33. The standard InChI is InChI=1S/C9H7F5O4/c1-17-7(15)5(11)2-3-6(12)8(16)18-9(13,14)4-10/h2-3H,4H2,1H3/b5-2-,6-3-. The van der Waals surface area contributed by atoms with Crippen LogP contribution >= 0.6 is 0 Å². The first kappa shape index (κ1) is 16.1. The molecule has 0 bridgehead atoms. The number of halogens is 5. The van der Waals surface area contributed by atoms with E-state index in [1.165, 1.54) is 0 Å². The molecule has 0 aliphatic carbocycles. The molecular weight excluding hydrogens is 267 g/mol. The van der Waals surface area contributed by atoms with E-state index in [1.807, 2.05) is 0 Å². The van der Waals surface area contributed by atoms with Gasteiger partial charge >= 0.3 is 18.0 Å². The Bertz CT molecular complexity index is 388. The third-order valence-electron chi connectivity index (χ3n) is 1.35. The van der Waals surface area contributed by atoms with Gasteiger partial charge in [0.05, 0.1) is 7.11 Å². The summed E-state index contributed by atoms with van der Waals surface area (Å²) in [6, 6.07) is 0. The van der Waals surface area contributed by atoms with Gasteiger partial charge in [0.15, 0.2) is 6.67 Å². The minimum Gasteiger partial charge on any atom is -0.464 e. The number of alkyl halides is 3. The van der Waals surface area contributed by atoms with E-state index in [9.17, 15) is 31.5 Å². The number of carbonyl (C=O) groups is 2. The quantitative estimate of drug-likeness (QED) is 0.333. The molecular formula is C9H7F5O4. The molecule has 0 heterocycles. The second-order valence-corrected chi connectivity index (χ2v) is 2.68. The molecule has 4 nitrogen and oxygen atoms in total. The number of esters is 2. The maximum atomic E-state index is 12.8. The van der Waals surface area contributed by atoms with Gasteiger partial charge in [-0.2, -0.15) is 17.6 Å². The van der Waals surface area contributed by atoms with Crippen LogP contribution in [0, 0.1) is 0 Å². The van der Waals surface area contributed by atoms with Gasteiger partial charge in [0.2, 0.25) is 11.7 Å². The lowest BCUT2D eigenvalue weighted by Crippen LogP contribution is -2.27. The Balaban J connectivity index is 4.70. The second-order valence-electron chi connectivity index (χ2n) is 2.68. The molecule has 0 rings (SSSR count). The molecule has 0 aliphatic heterocycles. The van der Waals surface area contributed by atoms with Crippen LogP contribution in [0.5, 0.6) is 0 Å². The van der Waals surface area contributed by atoms with E-state index in [2.05, 4.69) is 9.47 Å². The number of ether oxygens (including phenoxy) is 2. The molecule has 0 atom stereocenters. The van der Waals surface area contributed by atoms with E-state index in [4.69, 9.17) is 0 Å². The smallest absolute Gasteiger partial charge is 0.429 e. The summed E-state index contributed by atoms with van der Waals surface area (Å²) in [6.45, 7) is -2.33. The van der Waals surface area contributed by atoms with Crippen LogP contribution < -0.4 is 0 Å². The second kappa shape index (κ2) is 6.72. The first-order chi connectivity index (χ1) is 8.23. The zero-order chi connectivity index (χ0) is 14.3. The highest BCUT2D eigenvalue weighted by Crippen LogP contribution is 2.18. The molecule has 0 spiro atoms. The fourth-order valence-electron chi connectivity index (χ4n) is 0.592. The van der Waals surface area contributed by atoms with Gasteiger partial charge in [-0.1, -0.05) is 0 Å². The topological polar surface area (TPSA) is 52.6 Å². The van der Waals surface area contributed by atoms with Crippen molar-refractivity contribution in [2.24, 2.45) is 0 Å². The number of allylic oxidation sites excluding steroid dienone is 2. The number of rotatable bonds is 5. The van der Waals surface area contributed by atoms with Crippen LogP contribution in [0.1, 0.15) is 0 Å². The summed E-state index contributed by atoms with van der Waals surface area (Å²) in [6.07, 6.45) is -4.26. The minimum atomic E-state index is -4.48. The van der Waals surface area contributed by atoms with Crippen molar-refractivity contribution in [3.63, 3.8) is 0 Å². The Labute approximate surface area is 97.7 Å². The predicted molar refractivity (Wildman–Crippen MR) is 47.4 cm³/mol. The van der Waals surface area contributed by atoms with Crippen molar-refractivity contribution < 1.29 is 41.0 Å². The van der Waals surface area contributed by atoms with Crippen molar-refractivity contribution in [1.82, 2.24) is 0 Å².